The van der Waals surface area contributed by atoms with Crippen molar-refractivity contribution in [2.24, 2.45) is 5.92 Å². The number of amides is 2. The average Bonchev–Trinajstić information content (AvgIpc) is 2.69. The molecule has 0 saturated carbocycles. The number of nitrogens with zero attached hydrogens (tertiary/aromatic N) is 3. The molecular weight excluding hydrogens is 399 g/mol. The van der Waals surface area contributed by atoms with Crippen LogP contribution in [0.2, 0.25) is 10.0 Å². The van der Waals surface area contributed by atoms with Gasteiger partial charge in [0.25, 0.3) is 0 Å². The van der Waals surface area contributed by atoms with Crippen LogP contribution in [0.1, 0.15) is 42.5 Å². The number of rotatable bonds is 5. The monoisotopic (exact) mass is 422 g/mol. The number of aliphatic hydroxyl groups excluding tert-OH is 1. The molecule has 28 heavy (non-hydrogen) atoms. The third-order valence-electron chi connectivity index (χ3n) is 4.91. The molecule has 2 unspecified atom stereocenters. The number of carbonyl (C=O) groups is 1. The molecule has 0 radical (unpaired) electrons. The molecule has 2 aromatic rings. The van der Waals surface area contributed by atoms with Gasteiger partial charge in [0, 0.05) is 25.8 Å². The van der Waals surface area contributed by atoms with Crippen molar-refractivity contribution in [2.45, 2.75) is 39.3 Å². The number of hydrogen-bond donors (Lipinski definition) is 2. The normalized spacial score (nSPS) is 15.7. The fraction of sp³-hybridized carbons (Fsp3) is 0.450. The van der Waals surface area contributed by atoms with Gasteiger partial charge >= 0.3 is 6.03 Å². The third kappa shape index (κ3) is 4.93. The lowest BCUT2D eigenvalue weighted by Gasteiger charge is -2.29. The fourth-order valence-corrected chi connectivity index (χ4v) is 3.44. The molecule has 8 heteroatoms. The summed E-state index contributed by atoms with van der Waals surface area (Å²) < 4.78 is 0. The lowest BCUT2D eigenvalue weighted by molar-refractivity contribution is 0.188. The van der Waals surface area contributed by atoms with E-state index in [1.807, 2.05) is 26.1 Å². The number of benzene rings is 1. The zero-order chi connectivity index (χ0) is 20.3. The molecule has 1 aliphatic rings. The maximum Gasteiger partial charge on any atom is 0.318 e. The molecule has 0 spiro atoms. The van der Waals surface area contributed by atoms with Gasteiger partial charge in [0.15, 0.2) is 0 Å². The highest BCUT2D eigenvalue weighted by Crippen LogP contribution is 2.26. The van der Waals surface area contributed by atoms with Crippen LogP contribution in [0, 0.1) is 5.92 Å². The molecule has 0 bridgehead atoms. The lowest BCUT2D eigenvalue weighted by atomic mass is 10.1. The van der Waals surface area contributed by atoms with Gasteiger partial charge in [-0.2, -0.15) is 0 Å². The largest absolute Gasteiger partial charge is 0.396 e. The molecule has 0 saturated heterocycles. The zero-order valence-electron chi connectivity index (χ0n) is 16.0. The van der Waals surface area contributed by atoms with Crippen molar-refractivity contribution < 1.29 is 9.90 Å². The molecule has 2 atom stereocenters. The van der Waals surface area contributed by atoms with E-state index in [-0.39, 0.29) is 24.6 Å². The summed E-state index contributed by atoms with van der Waals surface area (Å²) in [6.07, 6.45) is 3.18. The van der Waals surface area contributed by atoms with Crippen LogP contribution in [0.4, 0.5) is 4.79 Å². The minimum atomic E-state index is -0.199. The van der Waals surface area contributed by atoms with Gasteiger partial charge in [-0.3, -0.25) is 0 Å². The molecule has 1 aromatic carbocycles. The van der Waals surface area contributed by atoms with Crippen molar-refractivity contribution in [3.63, 3.8) is 0 Å². The van der Waals surface area contributed by atoms with Gasteiger partial charge in [-0.05, 0) is 42.5 Å². The maximum atomic E-state index is 12.7. The highest BCUT2D eigenvalue weighted by atomic mass is 35.5. The van der Waals surface area contributed by atoms with Crippen LogP contribution >= 0.6 is 23.2 Å². The first-order valence-electron chi connectivity index (χ1n) is 9.32. The van der Waals surface area contributed by atoms with Gasteiger partial charge in [0.05, 0.1) is 28.3 Å². The Kier molecular flexibility index (Phi) is 6.75. The number of aliphatic hydroxyl groups is 1. The first kappa shape index (κ1) is 20.8. The molecule has 6 nitrogen and oxygen atoms in total. The van der Waals surface area contributed by atoms with Crippen LogP contribution in [0.25, 0.3) is 0 Å². The first-order valence-corrected chi connectivity index (χ1v) is 10.1. The number of urea groups is 1. The van der Waals surface area contributed by atoms with Crippen LogP contribution in [0.3, 0.4) is 0 Å². The highest BCUT2D eigenvalue weighted by molar-refractivity contribution is 6.42. The molecule has 0 aliphatic carbocycles. The van der Waals surface area contributed by atoms with Crippen molar-refractivity contribution in [1.82, 2.24) is 20.2 Å². The van der Waals surface area contributed by atoms with E-state index in [0.717, 1.165) is 23.2 Å². The predicted molar refractivity (Wildman–Crippen MR) is 110 cm³/mol. The molecule has 150 valence electrons. The van der Waals surface area contributed by atoms with Crippen molar-refractivity contribution in [2.75, 3.05) is 13.2 Å². The number of nitrogens with one attached hydrogen (secondary N) is 1. The Morgan fingerprint density at radius 1 is 1.32 bits per heavy atom. The second-order valence-electron chi connectivity index (χ2n) is 7.27. The molecular formula is C20H24Cl2N4O2. The Bertz CT molecular complexity index is 862. The third-order valence-corrected chi connectivity index (χ3v) is 5.65. The molecule has 0 fully saturated rings. The topological polar surface area (TPSA) is 78.4 Å². The van der Waals surface area contributed by atoms with E-state index in [4.69, 9.17) is 23.2 Å². The second kappa shape index (κ2) is 9.07. The van der Waals surface area contributed by atoms with E-state index >= 15 is 0 Å². The SMILES string of the molecule is CC(CO)Cc1ncc2c(n1)CN(C(=O)NC(C)c1ccc(Cl)c(Cl)c1)CC2. The van der Waals surface area contributed by atoms with Crippen LogP contribution < -0.4 is 5.32 Å². The second-order valence-corrected chi connectivity index (χ2v) is 8.08. The van der Waals surface area contributed by atoms with Gasteiger partial charge in [-0.1, -0.05) is 36.2 Å². The lowest BCUT2D eigenvalue weighted by Crippen LogP contribution is -2.44. The van der Waals surface area contributed by atoms with Gasteiger partial charge < -0.3 is 15.3 Å². The number of aromatic nitrogens is 2. The van der Waals surface area contributed by atoms with Crippen molar-refractivity contribution >= 4 is 29.2 Å². The Morgan fingerprint density at radius 3 is 2.82 bits per heavy atom. The maximum absolute atomic E-state index is 12.7. The Balaban J connectivity index is 1.66. The summed E-state index contributed by atoms with van der Waals surface area (Å²) in [5.74, 6) is 0.805. The highest BCUT2D eigenvalue weighted by Gasteiger charge is 2.24. The molecule has 1 aliphatic heterocycles. The summed E-state index contributed by atoms with van der Waals surface area (Å²) in [7, 11) is 0. The first-order chi connectivity index (χ1) is 13.4. The smallest absolute Gasteiger partial charge is 0.318 e. The summed E-state index contributed by atoms with van der Waals surface area (Å²) in [4.78, 5) is 23.5. The number of hydrogen-bond acceptors (Lipinski definition) is 4. The van der Waals surface area contributed by atoms with E-state index in [1.54, 1.807) is 17.0 Å². The number of carbonyl (C=O) groups excluding carboxylic acids is 1. The molecule has 1 aromatic heterocycles. The zero-order valence-corrected chi connectivity index (χ0v) is 17.5. The van der Waals surface area contributed by atoms with E-state index in [9.17, 15) is 9.90 Å². The van der Waals surface area contributed by atoms with E-state index in [1.165, 1.54) is 0 Å². The van der Waals surface area contributed by atoms with E-state index in [0.29, 0.717) is 35.4 Å². The van der Waals surface area contributed by atoms with Crippen molar-refractivity contribution in [1.29, 1.82) is 0 Å². The minimum absolute atomic E-state index is 0.0988. The molecule has 2 amide bonds. The summed E-state index contributed by atoms with van der Waals surface area (Å²) in [6, 6.07) is 5.00. The van der Waals surface area contributed by atoms with Crippen molar-refractivity contribution in [3.8, 4) is 0 Å². The molecule has 3 rings (SSSR count). The van der Waals surface area contributed by atoms with E-state index in [2.05, 4.69) is 15.3 Å². The van der Waals surface area contributed by atoms with E-state index < -0.39 is 0 Å². The Morgan fingerprint density at radius 2 is 2.11 bits per heavy atom. The van der Waals surface area contributed by atoms with Crippen LogP contribution in [0.5, 0.6) is 0 Å². The summed E-state index contributed by atoms with van der Waals surface area (Å²) in [6.45, 7) is 5.02. The predicted octanol–water partition coefficient (Wildman–Crippen LogP) is 3.78. The molecule has 2 heterocycles. The van der Waals surface area contributed by atoms with Crippen LogP contribution in [-0.2, 0) is 19.4 Å². The minimum Gasteiger partial charge on any atom is -0.396 e. The molecule has 2 N–H and O–H groups in total. The average molecular weight is 423 g/mol. The van der Waals surface area contributed by atoms with Crippen molar-refractivity contribution in [3.05, 3.63) is 57.1 Å². The fourth-order valence-electron chi connectivity index (χ4n) is 3.13. The van der Waals surface area contributed by atoms with Gasteiger partial charge in [-0.15, -0.1) is 0 Å². The number of fused-ring (bicyclic) bond motifs is 1. The summed E-state index contributed by atoms with van der Waals surface area (Å²) in [5.41, 5.74) is 2.84. The Labute approximate surface area is 174 Å². The summed E-state index contributed by atoms with van der Waals surface area (Å²) in [5, 5.41) is 13.2. The quantitative estimate of drug-likeness (QED) is 0.767. The van der Waals surface area contributed by atoms with Gasteiger partial charge in [0.1, 0.15) is 5.82 Å². The van der Waals surface area contributed by atoms with Gasteiger partial charge in [-0.25, -0.2) is 14.8 Å². The summed E-state index contributed by atoms with van der Waals surface area (Å²) >= 11 is 12.0. The standard InChI is InChI=1S/C20H24Cl2N4O2/c1-12(11-27)7-19-23-9-15-5-6-26(10-18(15)25-19)20(28)24-13(2)14-3-4-16(21)17(22)8-14/h3-4,8-9,12-13,27H,5-7,10-11H2,1-2H3,(H,24,28). The Hall–Kier alpha value is -1.89. The number of halogens is 2. The van der Waals surface area contributed by atoms with Crippen LogP contribution in [-0.4, -0.2) is 39.2 Å². The van der Waals surface area contributed by atoms with Crippen LogP contribution in [0.15, 0.2) is 24.4 Å². The van der Waals surface area contributed by atoms with Gasteiger partial charge in [0.2, 0.25) is 0 Å².